The van der Waals surface area contributed by atoms with Gasteiger partial charge in [0.2, 0.25) is 0 Å². The molecule has 1 aliphatic rings. The molecule has 1 saturated heterocycles. The lowest BCUT2D eigenvalue weighted by Crippen LogP contribution is -2.23. The van der Waals surface area contributed by atoms with E-state index in [1.165, 1.54) is 49.9 Å². The zero-order valence-electron chi connectivity index (χ0n) is 13.2. The quantitative estimate of drug-likeness (QED) is 0.796. The molecular formula is C20H25NO. The van der Waals surface area contributed by atoms with Gasteiger partial charge in [-0.1, -0.05) is 55.3 Å². The first-order valence-corrected chi connectivity index (χ1v) is 8.38. The van der Waals surface area contributed by atoms with Gasteiger partial charge in [-0.25, -0.2) is 0 Å². The summed E-state index contributed by atoms with van der Waals surface area (Å²) in [5, 5.41) is 0. The van der Waals surface area contributed by atoms with Crippen LogP contribution in [0.4, 0.5) is 0 Å². The summed E-state index contributed by atoms with van der Waals surface area (Å²) >= 11 is 0. The Morgan fingerprint density at radius 2 is 1.50 bits per heavy atom. The maximum absolute atomic E-state index is 5.93. The SMILES string of the molecule is c1ccc(COc2cccc(CN3CCCCCC3)c2)cc1. The average Bonchev–Trinajstić information content (AvgIpc) is 2.83. The molecule has 1 heterocycles. The number of hydrogen-bond acceptors (Lipinski definition) is 2. The van der Waals surface area contributed by atoms with Crippen molar-refractivity contribution in [2.75, 3.05) is 13.1 Å². The Labute approximate surface area is 133 Å². The maximum atomic E-state index is 5.93. The summed E-state index contributed by atoms with van der Waals surface area (Å²) < 4.78 is 5.93. The number of benzene rings is 2. The molecular weight excluding hydrogens is 270 g/mol. The van der Waals surface area contributed by atoms with Gasteiger partial charge in [-0.15, -0.1) is 0 Å². The first kappa shape index (κ1) is 15.1. The fourth-order valence-corrected chi connectivity index (χ4v) is 3.03. The fourth-order valence-electron chi connectivity index (χ4n) is 3.03. The van der Waals surface area contributed by atoms with Crippen LogP contribution in [-0.4, -0.2) is 18.0 Å². The standard InChI is InChI=1S/C20H25NO/c1-2-7-14-21(13-6-1)16-19-11-8-12-20(15-19)22-17-18-9-4-3-5-10-18/h3-5,8-12,15H,1-2,6-7,13-14,16-17H2. The third kappa shape index (κ3) is 4.60. The van der Waals surface area contributed by atoms with Crippen LogP contribution in [0.15, 0.2) is 54.6 Å². The highest BCUT2D eigenvalue weighted by atomic mass is 16.5. The summed E-state index contributed by atoms with van der Waals surface area (Å²) in [7, 11) is 0. The maximum Gasteiger partial charge on any atom is 0.120 e. The molecule has 0 bridgehead atoms. The van der Waals surface area contributed by atoms with Crippen LogP contribution in [0.2, 0.25) is 0 Å². The van der Waals surface area contributed by atoms with Gasteiger partial charge in [-0.2, -0.15) is 0 Å². The number of nitrogens with zero attached hydrogens (tertiary/aromatic N) is 1. The van der Waals surface area contributed by atoms with Gasteiger partial charge in [-0.05, 0) is 49.2 Å². The van der Waals surface area contributed by atoms with Crippen LogP contribution >= 0.6 is 0 Å². The predicted octanol–water partition coefficient (Wildman–Crippen LogP) is 4.64. The number of likely N-dealkylation sites (tertiary alicyclic amines) is 1. The van der Waals surface area contributed by atoms with E-state index in [0.29, 0.717) is 6.61 Å². The molecule has 2 heteroatoms. The molecule has 116 valence electrons. The van der Waals surface area contributed by atoms with E-state index in [4.69, 9.17) is 4.74 Å². The number of ether oxygens (including phenoxy) is 1. The van der Waals surface area contributed by atoms with Crippen molar-refractivity contribution in [2.45, 2.75) is 38.8 Å². The van der Waals surface area contributed by atoms with E-state index in [0.717, 1.165) is 12.3 Å². The molecule has 22 heavy (non-hydrogen) atoms. The monoisotopic (exact) mass is 295 g/mol. The molecule has 0 radical (unpaired) electrons. The molecule has 2 aromatic rings. The van der Waals surface area contributed by atoms with Gasteiger partial charge >= 0.3 is 0 Å². The zero-order valence-corrected chi connectivity index (χ0v) is 13.2. The van der Waals surface area contributed by atoms with E-state index < -0.39 is 0 Å². The van der Waals surface area contributed by atoms with E-state index in [-0.39, 0.29) is 0 Å². The molecule has 0 unspecified atom stereocenters. The zero-order chi connectivity index (χ0) is 15.0. The molecule has 0 amide bonds. The minimum absolute atomic E-state index is 0.633. The van der Waals surface area contributed by atoms with Crippen LogP contribution in [0.3, 0.4) is 0 Å². The Kier molecular flexibility index (Phi) is 5.49. The topological polar surface area (TPSA) is 12.5 Å². The summed E-state index contributed by atoms with van der Waals surface area (Å²) in [6.45, 7) is 4.14. The van der Waals surface area contributed by atoms with Crippen LogP contribution in [0.25, 0.3) is 0 Å². The number of rotatable bonds is 5. The van der Waals surface area contributed by atoms with Crippen molar-refractivity contribution in [2.24, 2.45) is 0 Å². The largest absolute Gasteiger partial charge is 0.489 e. The molecule has 0 saturated carbocycles. The highest BCUT2D eigenvalue weighted by molar-refractivity contribution is 5.29. The Bertz CT molecular complexity index is 559. The first-order valence-electron chi connectivity index (χ1n) is 8.38. The lowest BCUT2D eigenvalue weighted by Gasteiger charge is -2.20. The molecule has 1 aliphatic heterocycles. The average molecular weight is 295 g/mol. The van der Waals surface area contributed by atoms with Gasteiger partial charge in [0, 0.05) is 6.54 Å². The van der Waals surface area contributed by atoms with Crippen molar-refractivity contribution in [3.05, 3.63) is 65.7 Å². The highest BCUT2D eigenvalue weighted by Gasteiger charge is 2.09. The highest BCUT2D eigenvalue weighted by Crippen LogP contribution is 2.18. The van der Waals surface area contributed by atoms with E-state index >= 15 is 0 Å². The minimum Gasteiger partial charge on any atom is -0.489 e. The van der Waals surface area contributed by atoms with Crippen molar-refractivity contribution < 1.29 is 4.74 Å². The first-order chi connectivity index (χ1) is 10.9. The Balaban J connectivity index is 1.57. The number of hydrogen-bond donors (Lipinski definition) is 0. The van der Waals surface area contributed by atoms with Gasteiger partial charge in [-0.3, -0.25) is 4.90 Å². The Morgan fingerprint density at radius 3 is 2.27 bits per heavy atom. The second-order valence-electron chi connectivity index (χ2n) is 6.11. The van der Waals surface area contributed by atoms with Crippen molar-refractivity contribution in [1.82, 2.24) is 4.90 Å². The molecule has 2 aromatic carbocycles. The van der Waals surface area contributed by atoms with Gasteiger partial charge in [0.15, 0.2) is 0 Å². The molecule has 1 fully saturated rings. The molecule has 0 atom stereocenters. The third-order valence-electron chi connectivity index (χ3n) is 4.25. The van der Waals surface area contributed by atoms with Gasteiger partial charge in [0.1, 0.15) is 12.4 Å². The lowest BCUT2D eigenvalue weighted by atomic mass is 10.2. The minimum atomic E-state index is 0.633. The van der Waals surface area contributed by atoms with Gasteiger partial charge in [0.05, 0.1) is 0 Å². The molecule has 3 rings (SSSR count). The van der Waals surface area contributed by atoms with E-state index in [1.807, 2.05) is 6.07 Å². The Hall–Kier alpha value is -1.80. The molecule has 0 spiro atoms. The fraction of sp³-hybridized carbons (Fsp3) is 0.400. The smallest absolute Gasteiger partial charge is 0.120 e. The third-order valence-corrected chi connectivity index (χ3v) is 4.25. The van der Waals surface area contributed by atoms with Crippen LogP contribution in [0.1, 0.15) is 36.8 Å². The summed E-state index contributed by atoms with van der Waals surface area (Å²) in [5.41, 5.74) is 2.56. The second kappa shape index (κ2) is 8.00. The molecule has 0 N–H and O–H groups in total. The van der Waals surface area contributed by atoms with Gasteiger partial charge in [0.25, 0.3) is 0 Å². The summed E-state index contributed by atoms with van der Waals surface area (Å²) in [4.78, 5) is 2.57. The van der Waals surface area contributed by atoms with Crippen molar-refractivity contribution in [1.29, 1.82) is 0 Å². The van der Waals surface area contributed by atoms with Crippen molar-refractivity contribution >= 4 is 0 Å². The lowest BCUT2D eigenvalue weighted by molar-refractivity contribution is 0.275. The Morgan fingerprint density at radius 1 is 0.773 bits per heavy atom. The summed E-state index contributed by atoms with van der Waals surface area (Å²) in [6.07, 6.45) is 5.45. The van der Waals surface area contributed by atoms with E-state index in [1.54, 1.807) is 0 Å². The van der Waals surface area contributed by atoms with Crippen molar-refractivity contribution in [3.63, 3.8) is 0 Å². The van der Waals surface area contributed by atoms with E-state index in [2.05, 4.69) is 53.4 Å². The van der Waals surface area contributed by atoms with E-state index in [9.17, 15) is 0 Å². The van der Waals surface area contributed by atoms with Crippen LogP contribution in [0.5, 0.6) is 5.75 Å². The normalized spacial score (nSPS) is 16.2. The van der Waals surface area contributed by atoms with Crippen LogP contribution < -0.4 is 4.74 Å². The van der Waals surface area contributed by atoms with Crippen LogP contribution in [-0.2, 0) is 13.2 Å². The van der Waals surface area contributed by atoms with Gasteiger partial charge < -0.3 is 4.74 Å². The van der Waals surface area contributed by atoms with Crippen LogP contribution in [0, 0.1) is 0 Å². The molecule has 2 nitrogen and oxygen atoms in total. The molecule has 0 aromatic heterocycles. The van der Waals surface area contributed by atoms with Crippen molar-refractivity contribution in [3.8, 4) is 5.75 Å². The summed E-state index contributed by atoms with van der Waals surface area (Å²) in [6, 6.07) is 18.9. The summed E-state index contributed by atoms with van der Waals surface area (Å²) in [5.74, 6) is 0.969. The second-order valence-corrected chi connectivity index (χ2v) is 6.11. The molecule has 0 aliphatic carbocycles. The predicted molar refractivity (Wildman–Crippen MR) is 91.0 cm³/mol.